The molecule has 0 aliphatic carbocycles. The van der Waals surface area contributed by atoms with Crippen molar-refractivity contribution in [2.75, 3.05) is 13.1 Å². The molecule has 18 heavy (non-hydrogen) atoms. The van der Waals surface area contributed by atoms with Crippen molar-refractivity contribution in [3.63, 3.8) is 0 Å². The summed E-state index contributed by atoms with van der Waals surface area (Å²) in [7, 11) is 0. The summed E-state index contributed by atoms with van der Waals surface area (Å²) in [5, 5.41) is 0. The van der Waals surface area contributed by atoms with Crippen molar-refractivity contribution in [3.8, 4) is 0 Å². The number of likely N-dealkylation sites (tertiary alicyclic amines) is 1. The van der Waals surface area contributed by atoms with E-state index < -0.39 is 12.1 Å². The van der Waals surface area contributed by atoms with Crippen molar-refractivity contribution in [2.24, 2.45) is 10.9 Å². The number of allylic oxidation sites excluding steroid dienone is 2. The zero-order chi connectivity index (χ0) is 14.3. The van der Waals surface area contributed by atoms with Gasteiger partial charge < -0.3 is 4.90 Å². The monoisotopic (exact) mass is 262 g/mol. The SMILES string of the molecule is C=N/C(=C\C(=C)C)N1CCC(C(F)(F)F)C1.CC. The predicted molar refractivity (Wildman–Crippen MR) is 69.5 cm³/mol. The Morgan fingerprint density at radius 3 is 2.28 bits per heavy atom. The smallest absolute Gasteiger partial charge is 0.356 e. The van der Waals surface area contributed by atoms with Crippen LogP contribution in [0.5, 0.6) is 0 Å². The van der Waals surface area contributed by atoms with Crippen molar-refractivity contribution in [1.82, 2.24) is 4.90 Å². The van der Waals surface area contributed by atoms with E-state index in [1.807, 2.05) is 13.8 Å². The van der Waals surface area contributed by atoms with E-state index in [0.29, 0.717) is 12.4 Å². The van der Waals surface area contributed by atoms with Gasteiger partial charge in [0, 0.05) is 13.1 Å². The highest BCUT2D eigenvalue weighted by Gasteiger charge is 2.43. The van der Waals surface area contributed by atoms with Crippen molar-refractivity contribution < 1.29 is 13.2 Å². The first-order valence-electron chi connectivity index (χ1n) is 6.00. The third-order valence-corrected chi connectivity index (χ3v) is 2.51. The third kappa shape index (κ3) is 4.94. The second-order valence-electron chi connectivity index (χ2n) is 3.98. The highest BCUT2D eigenvalue weighted by molar-refractivity contribution is 5.31. The van der Waals surface area contributed by atoms with E-state index in [1.165, 1.54) is 0 Å². The topological polar surface area (TPSA) is 15.6 Å². The van der Waals surface area contributed by atoms with E-state index in [9.17, 15) is 13.2 Å². The summed E-state index contributed by atoms with van der Waals surface area (Å²) >= 11 is 0. The summed E-state index contributed by atoms with van der Waals surface area (Å²) in [5.41, 5.74) is 0.748. The van der Waals surface area contributed by atoms with Gasteiger partial charge in [0.15, 0.2) is 0 Å². The second kappa shape index (κ2) is 7.24. The number of alkyl halides is 3. The molecule has 1 fully saturated rings. The van der Waals surface area contributed by atoms with E-state index in [0.717, 1.165) is 5.57 Å². The lowest BCUT2D eigenvalue weighted by Gasteiger charge is -2.19. The zero-order valence-electron chi connectivity index (χ0n) is 11.2. The predicted octanol–water partition coefficient (Wildman–Crippen LogP) is 4.01. The summed E-state index contributed by atoms with van der Waals surface area (Å²) in [4.78, 5) is 5.33. The number of halogens is 3. The van der Waals surface area contributed by atoms with E-state index in [2.05, 4.69) is 18.3 Å². The Hall–Kier alpha value is -1.26. The molecule has 0 aromatic rings. The molecule has 1 unspecified atom stereocenters. The molecule has 0 radical (unpaired) electrons. The van der Waals surface area contributed by atoms with Crippen molar-refractivity contribution in [3.05, 3.63) is 24.0 Å². The zero-order valence-corrected chi connectivity index (χ0v) is 11.2. The van der Waals surface area contributed by atoms with Gasteiger partial charge in [-0.1, -0.05) is 26.0 Å². The minimum Gasteiger partial charge on any atom is -0.356 e. The Morgan fingerprint density at radius 1 is 1.39 bits per heavy atom. The Morgan fingerprint density at radius 2 is 1.94 bits per heavy atom. The van der Waals surface area contributed by atoms with Gasteiger partial charge in [-0.2, -0.15) is 13.2 Å². The van der Waals surface area contributed by atoms with Gasteiger partial charge in [-0.25, -0.2) is 4.99 Å². The Kier molecular flexibility index (Phi) is 6.73. The van der Waals surface area contributed by atoms with Crippen molar-refractivity contribution >= 4 is 6.72 Å². The average Bonchev–Trinajstić information content (AvgIpc) is 2.77. The maximum absolute atomic E-state index is 12.5. The lowest BCUT2D eigenvalue weighted by atomic mass is 10.1. The van der Waals surface area contributed by atoms with Gasteiger partial charge in [0.1, 0.15) is 5.82 Å². The molecule has 0 saturated carbocycles. The van der Waals surface area contributed by atoms with Crippen LogP contribution in [-0.2, 0) is 0 Å². The number of aliphatic imine (C=N–C) groups is 1. The van der Waals surface area contributed by atoms with Crippen LogP contribution in [0.15, 0.2) is 29.0 Å². The Bertz CT molecular complexity index is 319. The summed E-state index contributed by atoms with van der Waals surface area (Å²) in [6.07, 6.45) is -2.36. The average molecular weight is 262 g/mol. The van der Waals surface area contributed by atoms with Gasteiger partial charge in [-0.3, -0.25) is 0 Å². The van der Waals surface area contributed by atoms with Crippen LogP contribution in [-0.4, -0.2) is 30.9 Å². The summed E-state index contributed by atoms with van der Waals surface area (Å²) in [5.74, 6) is -0.790. The normalized spacial score (nSPS) is 20.2. The maximum Gasteiger partial charge on any atom is 0.393 e. The molecule has 0 spiro atoms. The molecule has 1 heterocycles. The lowest BCUT2D eigenvalue weighted by Crippen LogP contribution is -2.27. The first-order chi connectivity index (χ1) is 8.34. The largest absolute Gasteiger partial charge is 0.393 e. The molecule has 1 saturated heterocycles. The van der Waals surface area contributed by atoms with Crippen LogP contribution in [0.4, 0.5) is 13.2 Å². The molecule has 0 aromatic carbocycles. The van der Waals surface area contributed by atoms with Crippen molar-refractivity contribution in [1.29, 1.82) is 0 Å². The summed E-state index contributed by atoms with van der Waals surface area (Å²) in [6, 6.07) is 0. The third-order valence-electron chi connectivity index (χ3n) is 2.51. The molecule has 1 aliphatic rings. The highest BCUT2D eigenvalue weighted by Crippen LogP contribution is 2.34. The molecule has 2 nitrogen and oxygen atoms in total. The van der Waals surface area contributed by atoms with Gasteiger partial charge >= 0.3 is 6.18 Å². The van der Waals surface area contributed by atoms with Gasteiger partial charge in [0.2, 0.25) is 0 Å². The Balaban J connectivity index is 0.00000137. The number of hydrogen-bond acceptors (Lipinski definition) is 2. The second-order valence-corrected chi connectivity index (χ2v) is 3.98. The molecule has 0 N–H and O–H groups in total. The molecule has 1 aliphatic heterocycles. The van der Waals surface area contributed by atoms with E-state index >= 15 is 0 Å². The molecule has 5 heteroatoms. The fraction of sp³-hybridized carbons (Fsp3) is 0.615. The van der Waals surface area contributed by atoms with Crippen LogP contribution >= 0.6 is 0 Å². The van der Waals surface area contributed by atoms with Gasteiger partial charge in [0.05, 0.1) is 5.92 Å². The molecule has 1 rings (SSSR count). The van der Waals surface area contributed by atoms with Gasteiger partial charge in [0.25, 0.3) is 0 Å². The molecular formula is C13H21F3N2. The molecule has 0 bridgehead atoms. The maximum atomic E-state index is 12.5. The van der Waals surface area contributed by atoms with Crippen LogP contribution in [0.25, 0.3) is 0 Å². The fourth-order valence-corrected chi connectivity index (χ4v) is 1.69. The van der Waals surface area contributed by atoms with Gasteiger partial charge in [-0.15, -0.1) is 0 Å². The Labute approximate surface area is 107 Å². The first-order valence-corrected chi connectivity index (χ1v) is 6.00. The first kappa shape index (κ1) is 16.7. The van der Waals surface area contributed by atoms with Crippen LogP contribution in [0.2, 0.25) is 0 Å². The molecule has 104 valence electrons. The standard InChI is InChI=1S/C11H15F3N2.C2H6/c1-8(2)6-10(15-3)16-5-4-9(7-16)11(12,13)14;1-2/h6,9H,1,3-5,7H2,2H3;1-2H3/b10-6+;. The van der Waals surface area contributed by atoms with E-state index in [1.54, 1.807) is 17.9 Å². The minimum atomic E-state index is -4.12. The summed E-state index contributed by atoms with van der Waals surface area (Å²) in [6.45, 7) is 13.1. The lowest BCUT2D eigenvalue weighted by molar-refractivity contribution is -0.170. The van der Waals surface area contributed by atoms with E-state index in [4.69, 9.17) is 0 Å². The highest BCUT2D eigenvalue weighted by atomic mass is 19.4. The van der Waals surface area contributed by atoms with Gasteiger partial charge in [-0.05, 0) is 26.1 Å². The van der Waals surface area contributed by atoms with E-state index in [-0.39, 0.29) is 13.0 Å². The van der Waals surface area contributed by atoms with Crippen LogP contribution in [0.1, 0.15) is 27.2 Å². The molecule has 1 atom stereocenters. The van der Waals surface area contributed by atoms with Crippen LogP contribution in [0, 0.1) is 5.92 Å². The van der Waals surface area contributed by atoms with Crippen LogP contribution in [0.3, 0.4) is 0 Å². The molecular weight excluding hydrogens is 241 g/mol. The summed E-state index contributed by atoms with van der Waals surface area (Å²) < 4.78 is 37.4. The fourth-order valence-electron chi connectivity index (χ4n) is 1.69. The minimum absolute atomic E-state index is 0.0400. The molecule has 0 amide bonds. The number of hydrogen-bond donors (Lipinski definition) is 0. The number of rotatable bonds is 3. The van der Waals surface area contributed by atoms with Crippen LogP contribution < -0.4 is 0 Å². The van der Waals surface area contributed by atoms with Crippen molar-refractivity contribution in [2.45, 2.75) is 33.4 Å². The molecule has 0 aromatic heterocycles. The quantitative estimate of drug-likeness (QED) is 0.554. The number of nitrogens with zero attached hydrogens (tertiary/aromatic N) is 2.